The Hall–Kier alpha value is -2.98. The van der Waals surface area contributed by atoms with Crippen molar-refractivity contribution in [2.45, 2.75) is 44.9 Å². The molecule has 0 bridgehead atoms. The number of nitrogen functional groups attached to an aromatic ring is 1. The first-order chi connectivity index (χ1) is 16.9. The number of fused-ring (bicyclic) bond motifs is 2. The van der Waals surface area contributed by atoms with Crippen LogP contribution in [0.2, 0.25) is 0 Å². The normalized spacial score (nSPS) is 18.1. The van der Waals surface area contributed by atoms with Gasteiger partial charge in [0.1, 0.15) is 9.71 Å². The number of amides is 2. The van der Waals surface area contributed by atoms with Gasteiger partial charge < -0.3 is 21.1 Å². The zero-order valence-electron chi connectivity index (χ0n) is 19.5. The Balaban J connectivity index is 1.42. The van der Waals surface area contributed by atoms with E-state index in [1.807, 2.05) is 22.4 Å². The number of carbonyl (C=O) groups excluding carboxylic acids is 3. The standard InChI is InChI=1S/C25H28N4O4S2/c1-2-33-25(32)13-7-9-29(10-8-13)17(30)12-14-5-6-15-18(16-4-3-11-34-16)19-20(26)22(23(27)31)35-24(19)28-21(14)15/h3-4,11,13-14H,2,5-10,12,26H2,1H3,(H2,27,31). The number of ether oxygens (including phenoxy) is 1. The number of nitrogens with zero attached hydrogens (tertiary/aromatic N) is 2. The van der Waals surface area contributed by atoms with Crippen LogP contribution in [0.25, 0.3) is 20.7 Å². The third-order valence-electron chi connectivity index (χ3n) is 7.02. The highest BCUT2D eigenvalue weighted by Crippen LogP contribution is 2.48. The molecule has 2 aliphatic rings. The molecule has 1 unspecified atom stereocenters. The van der Waals surface area contributed by atoms with Crippen LogP contribution >= 0.6 is 22.7 Å². The lowest BCUT2D eigenvalue weighted by atomic mass is 9.95. The van der Waals surface area contributed by atoms with Gasteiger partial charge in [-0.25, -0.2) is 4.98 Å². The molecule has 4 N–H and O–H groups in total. The number of primary amides is 1. The second-order valence-corrected chi connectivity index (χ2v) is 11.0. The Morgan fingerprint density at radius 1 is 1.23 bits per heavy atom. The predicted molar refractivity (Wildman–Crippen MR) is 137 cm³/mol. The maximum Gasteiger partial charge on any atom is 0.309 e. The summed E-state index contributed by atoms with van der Waals surface area (Å²) in [7, 11) is 0. The molecule has 0 aromatic carbocycles. The lowest BCUT2D eigenvalue weighted by molar-refractivity contribution is -0.151. The van der Waals surface area contributed by atoms with Crippen molar-refractivity contribution in [2.24, 2.45) is 11.7 Å². The number of piperidine rings is 1. The van der Waals surface area contributed by atoms with Crippen LogP contribution in [0.5, 0.6) is 0 Å². The maximum absolute atomic E-state index is 13.2. The number of carbonyl (C=O) groups is 3. The van der Waals surface area contributed by atoms with Crippen LogP contribution in [-0.4, -0.2) is 47.4 Å². The van der Waals surface area contributed by atoms with Gasteiger partial charge in [-0.3, -0.25) is 14.4 Å². The van der Waals surface area contributed by atoms with Crippen molar-refractivity contribution in [3.05, 3.63) is 33.6 Å². The zero-order chi connectivity index (χ0) is 24.7. The Labute approximate surface area is 211 Å². The first-order valence-electron chi connectivity index (χ1n) is 11.9. The minimum atomic E-state index is -0.555. The molecular formula is C25H28N4O4S2. The van der Waals surface area contributed by atoms with Crippen molar-refractivity contribution in [1.82, 2.24) is 9.88 Å². The lowest BCUT2D eigenvalue weighted by Gasteiger charge is -2.31. The SMILES string of the molecule is CCOC(=O)C1CCN(C(=O)CC2CCc3c2nc2sc(C(N)=O)c(N)c2c3-c2cccs2)CC1. The molecule has 0 spiro atoms. The third kappa shape index (κ3) is 4.29. The number of esters is 1. The number of pyridine rings is 1. The minimum absolute atomic E-state index is 0.00347. The Bertz CT molecular complexity index is 1290. The number of rotatable bonds is 6. The van der Waals surface area contributed by atoms with Crippen molar-refractivity contribution in [3.63, 3.8) is 0 Å². The zero-order valence-corrected chi connectivity index (χ0v) is 21.2. The fourth-order valence-corrected chi connectivity index (χ4v) is 7.06. The topological polar surface area (TPSA) is 129 Å². The van der Waals surface area contributed by atoms with Crippen LogP contribution in [0.1, 0.15) is 59.5 Å². The van der Waals surface area contributed by atoms with E-state index in [1.165, 1.54) is 11.3 Å². The van der Waals surface area contributed by atoms with Crippen molar-refractivity contribution < 1.29 is 19.1 Å². The van der Waals surface area contributed by atoms with E-state index in [0.717, 1.165) is 39.9 Å². The molecule has 1 aliphatic carbocycles. The number of anilines is 1. The van der Waals surface area contributed by atoms with Gasteiger partial charge in [-0.15, -0.1) is 22.7 Å². The van der Waals surface area contributed by atoms with Crippen LogP contribution in [-0.2, 0) is 20.7 Å². The highest BCUT2D eigenvalue weighted by Gasteiger charge is 2.35. The van der Waals surface area contributed by atoms with Gasteiger partial charge in [-0.1, -0.05) is 6.07 Å². The van der Waals surface area contributed by atoms with E-state index in [0.29, 0.717) is 54.4 Å². The minimum Gasteiger partial charge on any atom is -0.466 e. The fraction of sp³-hybridized carbons (Fsp3) is 0.440. The van der Waals surface area contributed by atoms with Crippen molar-refractivity contribution in [3.8, 4) is 10.4 Å². The molecule has 3 aromatic rings. The van der Waals surface area contributed by atoms with Crippen LogP contribution < -0.4 is 11.5 Å². The molecule has 10 heteroatoms. The van der Waals surface area contributed by atoms with E-state index in [2.05, 4.69) is 0 Å². The third-order valence-corrected chi connectivity index (χ3v) is 9.02. The van der Waals surface area contributed by atoms with Crippen LogP contribution in [0.4, 0.5) is 5.69 Å². The van der Waals surface area contributed by atoms with Gasteiger partial charge in [0.05, 0.1) is 18.2 Å². The van der Waals surface area contributed by atoms with E-state index < -0.39 is 5.91 Å². The van der Waals surface area contributed by atoms with E-state index in [4.69, 9.17) is 21.2 Å². The molecule has 35 heavy (non-hydrogen) atoms. The Morgan fingerprint density at radius 3 is 2.66 bits per heavy atom. The molecule has 0 radical (unpaired) electrons. The molecule has 2 amide bonds. The van der Waals surface area contributed by atoms with E-state index >= 15 is 0 Å². The largest absolute Gasteiger partial charge is 0.466 e. The van der Waals surface area contributed by atoms with Gasteiger partial charge in [0.15, 0.2) is 0 Å². The molecular weight excluding hydrogens is 484 g/mol. The van der Waals surface area contributed by atoms with Gasteiger partial charge in [0, 0.05) is 46.9 Å². The molecule has 3 aromatic heterocycles. The monoisotopic (exact) mass is 512 g/mol. The highest BCUT2D eigenvalue weighted by atomic mass is 32.1. The summed E-state index contributed by atoms with van der Waals surface area (Å²) in [5.41, 5.74) is 15.4. The Morgan fingerprint density at radius 2 is 2.00 bits per heavy atom. The van der Waals surface area contributed by atoms with Crippen molar-refractivity contribution >= 4 is 56.4 Å². The molecule has 1 aliphatic heterocycles. The molecule has 1 fully saturated rings. The van der Waals surface area contributed by atoms with Gasteiger partial charge in [-0.05, 0) is 49.6 Å². The molecule has 1 atom stereocenters. The number of nitrogens with two attached hydrogens (primary N) is 2. The van der Waals surface area contributed by atoms with Crippen LogP contribution in [0.15, 0.2) is 17.5 Å². The Kier molecular flexibility index (Phi) is 6.50. The fourth-order valence-electron chi connectivity index (χ4n) is 5.29. The second-order valence-electron chi connectivity index (χ2n) is 9.06. The summed E-state index contributed by atoms with van der Waals surface area (Å²) in [6.45, 7) is 3.32. The van der Waals surface area contributed by atoms with Gasteiger partial charge in [0.2, 0.25) is 5.91 Å². The van der Waals surface area contributed by atoms with Gasteiger partial charge >= 0.3 is 5.97 Å². The van der Waals surface area contributed by atoms with Crippen LogP contribution in [0, 0.1) is 5.92 Å². The molecule has 0 saturated carbocycles. The van der Waals surface area contributed by atoms with Crippen molar-refractivity contribution in [1.29, 1.82) is 0 Å². The van der Waals surface area contributed by atoms with Crippen LogP contribution in [0.3, 0.4) is 0 Å². The van der Waals surface area contributed by atoms with Gasteiger partial charge in [0.25, 0.3) is 5.91 Å². The lowest BCUT2D eigenvalue weighted by Crippen LogP contribution is -2.41. The van der Waals surface area contributed by atoms with Crippen molar-refractivity contribution in [2.75, 3.05) is 25.4 Å². The average molecular weight is 513 g/mol. The number of likely N-dealkylation sites (tertiary alicyclic amines) is 1. The second kappa shape index (κ2) is 9.58. The summed E-state index contributed by atoms with van der Waals surface area (Å²) >= 11 is 2.84. The highest BCUT2D eigenvalue weighted by molar-refractivity contribution is 7.21. The quantitative estimate of drug-likeness (QED) is 0.482. The maximum atomic E-state index is 13.2. The summed E-state index contributed by atoms with van der Waals surface area (Å²) in [6.07, 6.45) is 3.29. The van der Waals surface area contributed by atoms with Gasteiger partial charge in [-0.2, -0.15) is 0 Å². The molecule has 4 heterocycles. The first-order valence-corrected chi connectivity index (χ1v) is 13.6. The number of hydrogen-bond acceptors (Lipinski definition) is 8. The van der Waals surface area contributed by atoms with E-state index in [9.17, 15) is 14.4 Å². The molecule has 5 rings (SSSR count). The summed E-state index contributed by atoms with van der Waals surface area (Å²) < 4.78 is 5.14. The predicted octanol–water partition coefficient (Wildman–Crippen LogP) is 3.93. The average Bonchev–Trinajstić information content (AvgIpc) is 3.58. The summed E-state index contributed by atoms with van der Waals surface area (Å²) in [6, 6.07) is 4.04. The number of aromatic nitrogens is 1. The smallest absolute Gasteiger partial charge is 0.309 e. The van der Waals surface area contributed by atoms with E-state index in [1.54, 1.807) is 18.3 Å². The summed E-state index contributed by atoms with van der Waals surface area (Å²) in [5.74, 6) is -0.750. The number of thiophene rings is 2. The molecule has 1 saturated heterocycles. The van der Waals surface area contributed by atoms with E-state index in [-0.39, 0.29) is 23.7 Å². The number of hydrogen-bond donors (Lipinski definition) is 2. The first kappa shape index (κ1) is 23.7. The molecule has 8 nitrogen and oxygen atoms in total. The summed E-state index contributed by atoms with van der Waals surface area (Å²) in [4.78, 5) is 46.1. The summed E-state index contributed by atoms with van der Waals surface area (Å²) in [5, 5.41) is 2.81. The molecule has 184 valence electrons.